The molecule has 0 unspecified atom stereocenters. The number of phenols is 1. The minimum absolute atomic E-state index is 0.0179. The highest BCUT2D eigenvalue weighted by Gasteiger charge is 2.27. The van der Waals surface area contributed by atoms with Crippen molar-refractivity contribution in [2.24, 2.45) is 5.92 Å². The first kappa shape index (κ1) is 28.6. The number of hydrazine groups is 1. The highest BCUT2D eigenvalue weighted by atomic mass is 16.5. The summed E-state index contributed by atoms with van der Waals surface area (Å²) < 4.78 is 5.12. The highest BCUT2D eigenvalue weighted by Crippen LogP contribution is 2.28. The lowest BCUT2D eigenvalue weighted by Gasteiger charge is -2.22. The van der Waals surface area contributed by atoms with Crippen LogP contribution >= 0.6 is 0 Å². The topological polar surface area (TPSA) is 146 Å². The fraction of sp³-hybridized carbons (Fsp3) is 0.161. The number of hydrogen-bond acceptors (Lipinski definition) is 6. The van der Waals surface area contributed by atoms with Crippen molar-refractivity contribution in [2.45, 2.75) is 19.9 Å². The normalized spacial score (nSPS) is 11.4. The van der Waals surface area contributed by atoms with Crippen LogP contribution in [0.4, 0.5) is 5.69 Å². The molecule has 0 aliphatic rings. The van der Waals surface area contributed by atoms with Gasteiger partial charge in [-0.25, -0.2) is 0 Å². The maximum absolute atomic E-state index is 13.2. The minimum Gasteiger partial charge on any atom is -0.506 e. The molecule has 4 aromatic carbocycles. The van der Waals surface area contributed by atoms with Gasteiger partial charge in [0.2, 0.25) is 0 Å². The third kappa shape index (κ3) is 6.62. The van der Waals surface area contributed by atoms with Gasteiger partial charge in [0, 0.05) is 10.9 Å². The van der Waals surface area contributed by atoms with E-state index in [0.717, 1.165) is 5.39 Å². The molecule has 10 nitrogen and oxygen atoms in total. The molecule has 0 aliphatic heterocycles. The fourth-order valence-corrected chi connectivity index (χ4v) is 4.18. The summed E-state index contributed by atoms with van der Waals surface area (Å²) in [6.07, 6.45) is 0. The van der Waals surface area contributed by atoms with E-state index < -0.39 is 29.7 Å². The first-order valence-corrected chi connectivity index (χ1v) is 12.9. The number of para-hydroxylation sites is 1. The number of ether oxygens (including phenoxy) is 1. The Morgan fingerprint density at radius 2 is 1.41 bits per heavy atom. The van der Waals surface area contributed by atoms with Crippen molar-refractivity contribution >= 4 is 40.1 Å². The van der Waals surface area contributed by atoms with Gasteiger partial charge >= 0.3 is 0 Å². The smallest absolute Gasteiger partial charge is 0.273 e. The highest BCUT2D eigenvalue weighted by molar-refractivity contribution is 6.10. The molecule has 0 spiro atoms. The molecule has 0 saturated heterocycles. The van der Waals surface area contributed by atoms with Gasteiger partial charge in [-0.05, 0) is 53.8 Å². The molecule has 4 amide bonds. The molecule has 0 fully saturated rings. The molecule has 0 aliphatic carbocycles. The Morgan fingerprint density at radius 3 is 2.12 bits per heavy atom. The Morgan fingerprint density at radius 1 is 0.732 bits per heavy atom. The maximum Gasteiger partial charge on any atom is 0.273 e. The monoisotopic (exact) mass is 554 g/mol. The number of phenolic OH excluding ortho intramolecular Hbond substituents is 1. The van der Waals surface area contributed by atoms with Crippen molar-refractivity contribution in [3.8, 4) is 11.5 Å². The van der Waals surface area contributed by atoms with E-state index in [9.17, 15) is 24.3 Å². The molecular formula is C31H30N4O6. The SMILES string of the molecule is COc1ccc(C(=O)Nc2ccccc2C(=O)N[C@@H](C(=O)NNC(=O)c2ccc3ccccc3c2O)C(C)C)cc1. The quantitative estimate of drug-likeness (QED) is 0.208. The largest absolute Gasteiger partial charge is 0.506 e. The molecule has 0 saturated carbocycles. The van der Waals surface area contributed by atoms with Crippen molar-refractivity contribution in [1.82, 2.24) is 16.2 Å². The number of carbonyl (C=O) groups is 4. The molecule has 1 atom stereocenters. The number of methoxy groups -OCH3 is 1. The summed E-state index contributed by atoms with van der Waals surface area (Å²) in [5.41, 5.74) is 5.39. The summed E-state index contributed by atoms with van der Waals surface area (Å²) in [7, 11) is 1.53. The summed E-state index contributed by atoms with van der Waals surface area (Å²) in [6.45, 7) is 3.47. The van der Waals surface area contributed by atoms with E-state index in [1.165, 1.54) is 19.2 Å². The van der Waals surface area contributed by atoms with Crippen LogP contribution in [0, 0.1) is 5.92 Å². The van der Waals surface area contributed by atoms with Gasteiger partial charge in [-0.1, -0.05) is 56.3 Å². The predicted octanol–water partition coefficient (Wildman–Crippen LogP) is 4.02. The molecular weight excluding hydrogens is 524 g/mol. The number of hydrogen-bond donors (Lipinski definition) is 5. The Bertz CT molecular complexity index is 1600. The second kappa shape index (κ2) is 12.6. The summed E-state index contributed by atoms with van der Waals surface area (Å²) >= 11 is 0. The van der Waals surface area contributed by atoms with Crippen molar-refractivity contribution < 1.29 is 29.0 Å². The second-order valence-electron chi connectivity index (χ2n) is 9.55. The summed E-state index contributed by atoms with van der Waals surface area (Å²) in [5, 5.41) is 17.2. The van der Waals surface area contributed by atoms with E-state index in [-0.39, 0.29) is 28.5 Å². The van der Waals surface area contributed by atoms with Gasteiger partial charge in [0.15, 0.2) is 0 Å². The number of amides is 4. The van der Waals surface area contributed by atoms with Crippen LogP contribution < -0.4 is 26.2 Å². The van der Waals surface area contributed by atoms with Crippen LogP contribution in [-0.4, -0.2) is 41.9 Å². The van der Waals surface area contributed by atoms with Crippen molar-refractivity contribution in [1.29, 1.82) is 0 Å². The molecule has 0 bridgehead atoms. The average molecular weight is 555 g/mol. The van der Waals surface area contributed by atoms with Crippen LogP contribution in [-0.2, 0) is 4.79 Å². The van der Waals surface area contributed by atoms with Gasteiger partial charge < -0.3 is 20.5 Å². The standard InChI is InChI=1S/C31H30N4O6/c1-18(2)26(31(40)35-34-30(39)24-17-14-19-8-4-5-9-22(19)27(24)36)33-29(38)23-10-6-7-11-25(23)32-28(37)20-12-15-21(41-3)16-13-20/h4-18,26,36H,1-3H3,(H,32,37)(H,33,38)(H,34,39)(H,35,40)/t26-/m1/s1. The van der Waals surface area contributed by atoms with Crippen LogP contribution in [0.5, 0.6) is 11.5 Å². The number of rotatable bonds is 8. The summed E-state index contributed by atoms with van der Waals surface area (Å²) in [6, 6.07) is 22.1. The number of carbonyl (C=O) groups excluding carboxylic acids is 4. The zero-order chi connectivity index (χ0) is 29.5. The Balaban J connectivity index is 1.43. The second-order valence-corrected chi connectivity index (χ2v) is 9.55. The zero-order valence-electron chi connectivity index (χ0n) is 22.7. The van der Waals surface area contributed by atoms with Gasteiger partial charge in [-0.3, -0.25) is 30.0 Å². The van der Waals surface area contributed by atoms with Crippen LogP contribution in [0.3, 0.4) is 0 Å². The molecule has 210 valence electrons. The third-order valence-corrected chi connectivity index (χ3v) is 6.45. The van der Waals surface area contributed by atoms with Gasteiger partial charge in [-0.15, -0.1) is 0 Å². The van der Waals surface area contributed by atoms with Crippen molar-refractivity contribution in [2.75, 3.05) is 12.4 Å². The lowest BCUT2D eigenvalue weighted by molar-refractivity contribution is -0.124. The van der Waals surface area contributed by atoms with E-state index in [1.807, 2.05) is 6.07 Å². The Labute approximate surface area is 236 Å². The van der Waals surface area contributed by atoms with Crippen LogP contribution in [0.15, 0.2) is 84.9 Å². The summed E-state index contributed by atoms with van der Waals surface area (Å²) in [5.74, 6) is -2.37. The number of nitrogens with one attached hydrogen (secondary N) is 4. The third-order valence-electron chi connectivity index (χ3n) is 6.45. The Kier molecular flexibility index (Phi) is 8.83. The first-order valence-electron chi connectivity index (χ1n) is 12.9. The predicted molar refractivity (Wildman–Crippen MR) is 155 cm³/mol. The van der Waals surface area contributed by atoms with Gasteiger partial charge in [0.1, 0.15) is 17.5 Å². The molecule has 0 aromatic heterocycles. The Hall–Kier alpha value is -5.38. The number of fused-ring (bicyclic) bond motifs is 1. The van der Waals surface area contributed by atoms with Crippen molar-refractivity contribution in [3.05, 3.63) is 102 Å². The molecule has 41 heavy (non-hydrogen) atoms. The number of benzene rings is 4. The fourth-order valence-electron chi connectivity index (χ4n) is 4.18. The summed E-state index contributed by atoms with van der Waals surface area (Å²) in [4.78, 5) is 51.8. The van der Waals surface area contributed by atoms with Crippen LogP contribution in [0.2, 0.25) is 0 Å². The number of anilines is 1. The zero-order valence-corrected chi connectivity index (χ0v) is 22.7. The van der Waals surface area contributed by atoms with Crippen LogP contribution in [0.1, 0.15) is 44.9 Å². The molecule has 4 aromatic rings. The average Bonchev–Trinajstić information content (AvgIpc) is 2.98. The van der Waals surface area contributed by atoms with E-state index in [4.69, 9.17) is 4.74 Å². The number of aromatic hydroxyl groups is 1. The van der Waals surface area contributed by atoms with E-state index in [2.05, 4.69) is 21.5 Å². The van der Waals surface area contributed by atoms with Gasteiger partial charge in [-0.2, -0.15) is 0 Å². The molecule has 0 radical (unpaired) electrons. The molecule has 0 heterocycles. The molecule has 5 N–H and O–H groups in total. The lowest BCUT2D eigenvalue weighted by Crippen LogP contribution is -2.54. The van der Waals surface area contributed by atoms with E-state index in [1.54, 1.807) is 80.6 Å². The van der Waals surface area contributed by atoms with Crippen molar-refractivity contribution in [3.63, 3.8) is 0 Å². The van der Waals surface area contributed by atoms with Gasteiger partial charge in [0.05, 0.1) is 23.9 Å². The van der Waals surface area contributed by atoms with Gasteiger partial charge in [0.25, 0.3) is 23.6 Å². The van der Waals surface area contributed by atoms with Crippen LogP contribution in [0.25, 0.3) is 10.8 Å². The minimum atomic E-state index is -1.03. The first-order chi connectivity index (χ1) is 19.7. The van der Waals surface area contributed by atoms with E-state index in [0.29, 0.717) is 16.7 Å². The molecule has 10 heteroatoms. The van der Waals surface area contributed by atoms with E-state index >= 15 is 0 Å². The maximum atomic E-state index is 13.2. The molecule has 4 rings (SSSR count). The lowest BCUT2D eigenvalue weighted by atomic mass is 10.0.